The lowest BCUT2D eigenvalue weighted by Gasteiger charge is -2.10. The summed E-state index contributed by atoms with van der Waals surface area (Å²) < 4.78 is 29.9. The predicted molar refractivity (Wildman–Crippen MR) is 60.3 cm³/mol. The molecule has 0 radical (unpaired) electrons. The van der Waals surface area contributed by atoms with E-state index in [1.54, 1.807) is 12.3 Å². The highest BCUT2D eigenvalue weighted by atomic mass is 79.9. The van der Waals surface area contributed by atoms with E-state index in [2.05, 4.69) is 36.6 Å². The van der Waals surface area contributed by atoms with Crippen LogP contribution in [-0.4, -0.2) is 12.9 Å². The maximum atomic E-state index is 12.0. The maximum absolute atomic E-state index is 12.0. The van der Waals surface area contributed by atoms with Crippen LogP contribution < -0.4 is 4.74 Å². The van der Waals surface area contributed by atoms with E-state index in [-0.39, 0.29) is 5.75 Å². The van der Waals surface area contributed by atoms with E-state index >= 15 is 0 Å². The molecule has 0 aliphatic carbocycles. The summed E-state index contributed by atoms with van der Waals surface area (Å²) in [5, 5.41) is 0. The monoisotopic (exact) mass is 346 g/mol. The van der Waals surface area contributed by atoms with Crippen LogP contribution in [0.4, 0.5) is 8.78 Å². The second-order valence-electron chi connectivity index (χ2n) is 2.30. The average Bonchev–Trinajstić information content (AvgIpc) is 2.10. The van der Waals surface area contributed by atoms with Gasteiger partial charge in [-0.1, -0.05) is 0 Å². The topological polar surface area (TPSA) is 9.23 Å². The van der Waals surface area contributed by atoms with Crippen molar-refractivity contribution in [3.8, 4) is 5.75 Å². The van der Waals surface area contributed by atoms with Gasteiger partial charge in [-0.2, -0.15) is 8.78 Å². The Hall–Kier alpha value is 0.190. The number of thioether (sulfide) groups is 1. The molecule has 0 aromatic heterocycles. The molecule has 6 heteroatoms. The summed E-state index contributed by atoms with van der Waals surface area (Å²) in [5.74, 6) is 0.183. The molecule has 0 bridgehead atoms. The second-order valence-corrected chi connectivity index (χ2v) is 4.85. The molecule has 0 saturated carbocycles. The van der Waals surface area contributed by atoms with E-state index < -0.39 is 6.61 Å². The Bertz CT molecular complexity index is 333. The lowest BCUT2D eigenvalue weighted by Crippen LogP contribution is -2.02. The summed E-state index contributed by atoms with van der Waals surface area (Å²) in [5.41, 5.74) is 0. The van der Waals surface area contributed by atoms with Crippen molar-refractivity contribution in [3.63, 3.8) is 0 Å². The Morgan fingerprint density at radius 3 is 2.36 bits per heavy atom. The molecular formula is C8H6Br2F2OS. The van der Waals surface area contributed by atoms with Crippen LogP contribution in [0.15, 0.2) is 26.0 Å². The Balaban J connectivity index is 3.07. The quantitative estimate of drug-likeness (QED) is 0.742. The van der Waals surface area contributed by atoms with Crippen molar-refractivity contribution >= 4 is 43.6 Å². The van der Waals surface area contributed by atoms with Gasteiger partial charge < -0.3 is 4.74 Å². The van der Waals surface area contributed by atoms with E-state index in [0.29, 0.717) is 9.37 Å². The van der Waals surface area contributed by atoms with Crippen molar-refractivity contribution in [1.82, 2.24) is 0 Å². The molecule has 0 amide bonds. The zero-order chi connectivity index (χ0) is 10.7. The Morgan fingerprint density at radius 2 is 1.86 bits per heavy atom. The van der Waals surface area contributed by atoms with Crippen molar-refractivity contribution in [2.24, 2.45) is 0 Å². The van der Waals surface area contributed by atoms with Gasteiger partial charge in [0.25, 0.3) is 0 Å². The molecular weight excluding hydrogens is 342 g/mol. The number of alkyl halides is 2. The van der Waals surface area contributed by atoms with Crippen LogP contribution in [0.25, 0.3) is 0 Å². The number of hydrogen-bond donors (Lipinski definition) is 0. The third kappa shape index (κ3) is 3.10. The minimum absolute atomic E-state index is 0.183. The van der Waals surface area contributed by atoms with Crippen LogP contribution in [0.3, 0.4) is 0 Å². The molecule has 0 aliphatic rings. The van der Waals surface area contributed by atoms with Crippen molar-refractivity contribution in [3.05, 3.63) is 21.1 Å². The van der Waals surface area contributed by atoms with Gasteiger partial charge in [-0.3, -0.25) is 0 Å². The van der Waals surface area contributed by atoms with Crippen molar-refractivity contribution in [2.75, 3.05) is 6.26 Å². The molecule has 0 atom stereocenters. The van der Waals surface area contributed by atoms with E-state index in [9.17, 15) is 8.78 Å². The molecule has 0 aliphatic heterocycles. The number of halogens is 4. The third-order valence-corrected chi connectivity index (χ3v) is 4.03. The molecule has 0 saturated heterocycles. The molecule has 1 rings (SSSR count). The Labute approximate surface area is 101 Å². The molecule has 1 aromatic rings. The molecule has 1 nitrogen and oxygen atoms in total. The molecule has 0 heterocycles. The lowest BCUT2D eigenvalue weighted by atomic mass is 10.3. The van der Waals surface area contributed by atoms with Gasteiger partial charge in [0, 0.05) is 8.95 Å². The van der Waals surface area contributed by atoms with Crippen LogP contribution >= 0.6 is 43.6 Å². The highest BCUT2D eigenvalue weighted by Gasteiger charge is 2.11. The van der Waals surface area contributed by atoms with E-state index in [4.69, 9.17) is 0 Å². The van der Waals surface area contributed by atoms with Gasteiger partial charge >= 0.3 is 6.61 Å². The SMILES string of the molecule is CSc1cc(Br)c(Br)cc1OC(F)F. The first kappa shape index (κ1) is 12.3. The maximum Gasteiger partial charge on any atom is 0.387 e. The molecule has 1 aromatic carbocycles. The van der Waals surface area contributed by atoms with Crippen molar-refractivity contribution in [1.29, 1.82) is 0 Å². The zero-order valence-corrected chi connectivity index (χ0v) is 11.0. The van der Waals surface area contributed by atoms with Crippen LogP contribution in [0.1, 0.15) is 0 Å². The molecule has 0 N–H and O–H groups in total. The third-order valence-electron chi connectivity index (χ3n) is 1.42. The minimum atomic E-state index is -2.80. The summed E-state index contributed by atoms with van der Waals surface area (Å²) >= 11 is 7.85. The molecule has 0 fully saturated rings. The average molecular weight is 348 g/mol. The minimum Gasteiger partial charge on any atom is -0.434 e. The fourth-order valence-corrected chi connectivity index (χ4v) is 2.22. The molecule has 0 spiro atoms. The first-order chi connectivity index (χ1) is 6.54. The van der Waals surface area contributed by atoms with Crippen LogP contribution in [0, 0.1) is 0 Å². The molecule has 78 valence electrons. The number of hydrogen-bond acceptors (Lipinski definition) is 2. The smallest absolute Gasteiger partial charge is 0.387 e. The summed E-state index contributed by atoms with van der Waals surface area (Å²) in [4.78, 5) is 0.667. The van der Waals surface area contributed by atoms with Gasteiger partial charge in [0.05, 0.1) is 4.90 Å². The summed E-state index contributed by atoms with van der Waals surface area (Å²) in [6, 6.07) is 3.24. The summed E-state index contributed by atoms with van der Waals surface area (Å²) in [6.45, 7) is -2.80. The van der Waals surface area contributed by atoms with Gasteiger partial charge in [0.1, 0.15) is 5.75 Å². The molecule has 14 heavy (non-hydrogen) atoms. The zero-order valence-electron chi connectivity index (χ0n) is 7.06. The van der Waals surface area contributed by atoms with E-state index in [1.807, 2.05) is 0 Å². The van der Waals surface area contributed by atoms with Crippen LogP contribution in [-0.2, 0) is 0 Å². The molecule has 0 unspecified atom stereocenters. The van der Waals surface area contributed by atoms with Gasteiger partial charge in [-0.05, 0) is 50.2 Å². The first-order valence-corrected chi connectivity index (χ1v) is 6.33. The lowest BCUT2D eigenvalue weighted by molar-refractivity contribution is -0.0517. The fraction of sp³-hybridized carbons (Fsp3) is 0.250. The standard InChI is InChI=1S/C8H6Br2F2OS/c1-14-7-3-5(10)4(9)2-6(7)13-8(11)12/h2-3,8H,1H3. The van der Waals surface area contributed by atoms with E-state index in [1.165, 1.54) is 17.8 Å². The fourth-order valence-electron chi connectivity index (χ4n) is 0.858. The van der Waals surface area contributed by atoms with Gasteiger partial charge in [-0.25, -0.2) is 0 Å². The van der Waals surface area contributed by atoms with Gasteiger partial charge in [0.2, 0.25) is 0 Å². The van der Waals surface area contributed by atoms with Crippen LogP contribution in [0.2, 0.25) is 0 Å². The number of rotatable bonds is 3. The highest BCUT2D eigenvalue weighted by Crippen LogP contribution is 2.36. The summed E-state index contributed by atoms with van der Waals surface area (Å²) in [6.07, 6.45) is 1.80. The van der Waals surface area contributed by atoms with Crippen molar-refractivity contribution in [2.45, 2.75) is 11.5 Å². The van der Waals surface area contributed by atoms with Gasteiger partial charge in [0.15, 0.2) is 0 Å². The van der Waals surface area contributed by atoms with E-state index in [0.717, 1.165) is 4.47 Å². The summed E-state index contributed by atoms with van der Waals surface area (Å²) in [7, 11) is 0. The number of benzene rings is 1. The van der Waals surface area contributed by atoms with Gasteiger partial charge in [-0.15, -0.1) is 11.8 Å². The van der Waals surface area contributed by atoms with Crippen LogP contribution in [0.5, 0.6) is 5.75 Å². The predicted octanol–water partition coefficient (Wildman–Crippen LogP) is 4.53. The normalized spacial score (nSPS) is 10.7. The highest BCUT2D eigenvalue weighted by molar-refractivity contribution is 9.13. The Morgan fingerprint density at radius 1 is 1.29 bits per heavy atom. The number of ether oxygens (including phenoxy) is 1. The van der Waals surface area contributed by atoms with Crippen molar-refractivity contribution < 1.29 is 13.5 Å². The largest absolute Gasteiger partial charge is 0.434 e. The Kier molecular flexibility index (Phi) is 4.66. The second kappa shape index (κ2) is 5.32. The first-order valence-electron chi connectivity index (χ1n) is 3.52.